The number of carbonyl (C=O) groups is 1. The average Bonchev–Trinajstić information content (AvgIpc) is 2.72. The summed E-state index contributed by atoms with van der Waals surface area (Å²) in [5.41, 5.74) is 2.64. The maximum absolute atomic E-state index is 12.4. The highest BCUT2D eigenvalue weighted by Crippen LogP contribution is 2.20. The summed E-state index contributed by atoms with van der Waals surface area (Å²) in [7, 11) is 1.66. The van der Waals surface area contributed by atoms with Crippen LogP contribution in [-0.4, -0.2) is 55.7 Å². The monoisotopic (exact) mass is 357 g/mol. The van der Waals surface area contributed by atoms with E-state index in [1.54, 1.807) is 12.7 Å². The molecule has 0 radical (unpaired) electrons. The van der Waals surface area contributed by atoms with E-state index in [1.807, 2.05) is 29.2 Å². The van der Waals surface area contributed by atoms with E-state index in [9.17, 15) is 4.79 Å². The lowest BCUT2D eigenvalue weighted by atomic mass is 9.97. The first-order chi connectivity index (χ1) is 12.8. The SMILES string of the molecule is COc1ccccc1CNC(=O)N1CCN(CCC2=CCCCC2)CC1. The molecule has 3 rings (SSSR count). The molecule has 26 heavy (non-hydrogen) atoms. The molecule has 0 spiro atoms. The first-order valence-electron chi connectivity index (χ1n) is 9.81. The number of amides is 2. The number of urea groups is 1. The summed E-state index contributed by atoms with van der Waals surface area (Å²) < 4.78 is 5.34. The lowest BCUT2D eigenvalue weighted by Gasteiger charge is -2.35. The maximum atomic E-state index is 12.4. The summed E-state index contributed by atoms with van der Waals surface area (Å²) in [5, 5.41) is 3.02. The number of hydrogen-bond acceptors (Lipinski definition) is 3. The van der Waals surface area contributed by atoms with Gasteiger partial charge in [0.15, 0.2) is 0 Å². The molecule has 1 saturated heterocycles. The predicted molar refractivity (Wildman–Crippen MR) is 104 cm³/mol. The van der Waals surface area contributed by atoms with Gasteiger partial charge in [0.2, 0.25) is 0 Å². The van der Waals surface area contributed by atoms with Crippen LogP contribution in [0.4, 0.5) is 4.79 Å². The molecule has 0 bridgehead atoms. The van der Waals surface area contributed by atoms with Crippen molar-refractivity contribution in [2.24, 2.45) is 0 Å². The Morgan fingerprint density at radius 3 is 2.69 bits per heavy atom. The Morgan fingerprint density at radius 1 is 1.15 bits per heavy atom. The standard InChI is InChI=1S/C21H31N3O2/c1-26-20-10-6-5-9-19(20)17-22-21(25)24-15-13-23(14-16-24)12-11-18-7-3-2-4-8-18/h5-7,9-10H,2-4,8,11-17H2,1H3,(H,22,25). The van der Waals surface area contributed by atoms with E-state index in [2.05, 4.69) is 16.3 Å². The van der Waals surface area contributed by atoms with Crippen LogP contribution in [-0.2, 0) is 6.54 Å². The highest BCUT2D eigenvalue weighted by atomic mass is 16.5. The van der Waals surface area contributed by atoms with E-state index < -0.39 is 0 Å². The molecule has 1 N–H and O–H groups in total. The number of allylic oxidation sites excluding steroid dienone is 1. The van der Waals surface area contributed by atoms with Crippen molar-refractivity contribution in [2.45, 2.75) is 38.6 Å². The molecule has 5 heteroatoms. The summed E-state index contributed by atoms with van der Waals surface area (Å²) in [4.78, 5) is 16.8. The Kier molecular flexibility index (Phi) is 6.95. The molecule has 2 amide bonds. The number of ether oxygens (including phenoxy) is 1. The van der Waals surface area contributed by atoms with Crippen LogP contribution in [0, 0.1) is 0 Å². The van der Waals surface area contributed by atoms with Crippen molar-refractivity contribution in [1.82, 2.24) is 15.1 Å². The predicted octanol–water partition coefficient (Wildman–Crippen LogP) is 3.41. The van der Waals surface area contributed by atoms with Gasteiger partial charge in [-0.15, -0.1) is 0 Å². The van der Waals surface area contributed by atoms with Crippen LogP contribution in [0.25, 0.3) is 0 Å². The summed E-state index contributed by atoms with van der Waals surface area (Å²) >= 11 is 0. The normalized spacial score (nSPS) is 18.3. The number of piperazine rings is 1. The quantitative estimate of drug-likeness (QED) is 0.794. The van der Waals surface area contributed by atoms with E-state index in [-0.39, 0.29) is 6.03 Å². The van der Waals surface area contributed by atoms with E-state index in [0.29, 0.717) is 6.54 Å². The molecule has 0 saturated carbocycles. The van der Waals surface area contributed by atoms with E-state index in [4.69, 9.17) is 4.74 Å². The van der Waals surface area contributed by atoms with Gasteiger partial charge in [-0.05, 0) is 38.2 Å². The lowest BCUT2D eigenvalue weighted by molar-refractivity contribution is 0.139. The molecule has 1 aliphatic carbocycles. The maximum Gasteiger partial charge on any atom is 0.317 e. The van der Waals surface area contributed by atoms with Gasteiger partial charge in [-0.1, -0.05) is 29.8 Å². The lowest BCUT2D eigenvalue weighted by Crippen LogP contribution is -2.51. The van der Waals surface area contributed by atoms with Crippen LogP contribution in [0.1, 0.15) is 37.7 Å². The minimum atomic E-state index is 0.0190. The molecule has 1 aromatic carbocycles. The van der Waals surface area contributed by atoms with E-state index >= 15 is 0 Å². The van der Waals surface area contributed by atoms with Crippen LogP contribution in [0.3, 0.4) is 0 Å². The molecule has 0 atom stereocenters. The number of methoxy groups -OCH3 is 1. The Morgan fingerprint density at radius 2 is 1.96 bits per heavy atom. The second-order valence-electron chi connectivity index (χ2n) is 7.16. The summed E-state index contributed by atoms with van der Waals surface area (Å²) in [6.45, 7) is 5.16. The van der Waals surface area contributed by atoms with E-state index in [1.165, 1.54) is 32.1 Å². The van der Waals surface area contributed by atoms with Gasteiger partial charge in [-0.3, -0.25) is 4.90 Å². The zero-order chi connectivity index (χ0) is 18.2. The zero-order valence-electron chi connectivity index (χ0n) is 15.9. The van der Waals surface area contributed by atoms with Crippen LogP contribution >= 0.6 is 0 Å². The third-order valence-electron chi connectivity index (χ3n) is 5.42. The third kappa shape index (κ3) is 5.24. The molecule has 0 unspecified atom stereocenters. The zero-order valence-corrected chi connectivity index (χ0v) is 15.9. The topological polar surface area (TPSA) is 44.8 Å². The van der Waals surface area contributed by atoms with Crippen molar-refractivity contribution in [3.63, 3.8) is 0 Å². The molecule has 2 aliphatic rings. The summed E-state index contributed by atoms with van der Waals surface area (Å²) in [6.07, 6.45) is 8.88. The fourth-order valence-corrected chi connectivity index (χ4v) is 3.74. The minimum absolute atomic E-state index is 0.0190. The Labute approximate surface area is 157 Å². The van der Waals surface area contributed by atoms with Crippen molar-refractivity contribution in [3.05, 3.63) is 41.5 Å². The fourth-order valence-electron chi connectivity index (χ4n) is 3.74. The Bertz CT molecular complexity index is 621. The van der Waals surface area contributed by atoms with Crippen molar-refractivity contribution in [3.8, 4) is 5.75 Å². The van der Waals surface area contributed by atoms with Crippen molar-refractivity contribution < 1.29 is 9.53 Å². The molecule has 142 valence electrons. The first kappa shape index (κ1) is 18.8. The van der Waals surface area contributed by atoms with Gasteiger partial charge in [0.05, 0.1) is 7.11 Å². The second-order valence-corrected chi connectivity index (χ2v) is 7.16. The number of nitrogens with zero attached hydrogens (tertiary/aromatic N) is 2. The van der Waals surface area contributed by atoms with Crippen LogP contribution in [0.15, 0.2) is 35.9 Å². The van der Waals surface area contributed by atoms with Gasteiger partial charge in [0.25, 0.3) is 0 Å². The number of nitrogens with one attached hydrogen (secondary N) is 1. The molecule has 1 aliphatic heterocycles. The smallest absolute Gasteiger partial charge is 0.317 e. The third-order valence-corrected chi connectivity index (χ3v) is 5.42. The summed E-state index contributed by atoms with van der Waals surface area (Å²) in [5.74, 6) is 0.814. The van der Waals surface area contributed by atoms with Crippen molar-refractivity contribution in [2.75, 3.05) is 39.8 Å². The van der Waals surface area contributed by atoms with Gasteiger partial charge in [0.1, 0.15) is 5.75 Å². The molecule has 1 aromatic rings. The van der Waals surface area contributed by atoms with Gasteiger partial charge in [-0.25, -0.2) is 4.79 Å². The molecule has 5 nitrogen and oxygen atoms in total. The second kappa shape index (κ2) is 9.62. The largest absolute Gasteiger partial charge is 0.496 e. The van der Waals surface area contributed by atoms with Crippen LogP contribution in [0.5, 0.6) is 5.75 Å². The highest BCUT2D eigenvalue weighted by molar-refractivity contribution is 5.74. The molecule has 0 aromatic heterocycles. The number of hydrogen-bond donors (Lipinski definition) is 1. The van der Waals surface area contributed by atoms with Gasteiger partial charge >= 0.3 is 6.03 Å². The summed E-state index contributed by atoms with van der Waals surface area (Å²) in [6, 6.07) is 7.82. The molecular formula is C21H31N3O2. The Hall–Kier alpha value is -2.01. The van der Waals surface area contributed by atoms with Gasteiger partial charge in [0, 0.05) is 44.8 Å². The Balaban J connectivity index is 1.38. The number of carbonyl (C=O) groups excluding carboxylic acids is 1. The van der Waals surface area contributed by atoms with Crippen molar-refractivity contribution in [1.29, 1.82) is 0 Å². The molecule has 1 fully saturated rings. The fraction of sp³-hybridized carbons (Fsp3) is 0.571. The van der Waals surface area contributed by atoms with Crippen LogP contribution < -0.4 is 10.1 Å². The number of benzene rings is 1. The number of para-hydroxylation sites is 1. The average molecular weight is 357 g/mol. The van der Waals surface area contributed by atoms with Gasteiger partial charge < -0.3 is 15.0 Å². The van der Waals surface area contributed by atoms with Crippen molar-refractivity contribution >= 4 is 6.03 Å². The van der Waals surface area contributed by atoms with Gasteiger partial charge in [-0.2, -0.15) is 0 Å². The molecule has 1 heterocycles. The molecular weight excluding hydrogens is 326 g/mol. The number of rotatable bonds is 6. The minimum Gasteiger partial charge on any atom is -0.496 e. The van der Waals surface area contributed by atoms with Crippen LogP contribution in [0.2, 0.25) is 0 Å². The first-order valence-corrected chi connectivity index (χ1v) is 9.81. The van der Waals surface area contributed by atoms with E-state index in [0.717, 1.165) is 44.0 Å². The highest BCUT2D eigenvalue weighted by Gasteiger charge is 2.21.